The Bertz CT molecular complexity index is 399. The predicted molar refractivity (Wildman–Crippen MR) is 49.9 cm³/mol. The van der Waals surface area contributed by atoms with Crippen molar-refractivity contribution in [2.24, 2.45) is 5.73 Å². The van der Waals surface area contributed by atoms with Crippen LogP contribution >= 0.6 is 11.8 Å². The highest BCUT2D eigenvalue weighted by molar-refractivity contribution is 7.98. The lowest BCUT2D eigenvalue weighted by Crippen LogP contribution is -2.22. The van der Waals surface area contributed by atoms with E-state index in [9.17, 15) is 9.59 Å². The van der Waals surface area contributed by atoms with Gasteiger partial charge in [0, 0.05) is 5.69 Å². The van der Waals surface area contributed by atoms with Crippen molar-refractivity contribution < 1.29 is 4.79 Å². The zero-order chi connectivity index (χ0) is 10.0. The van der Waals surface area contributed by atoms with Crippen LogP contribution in [0.15, 0.2) is 9.82 Å². The van der Waals surface area contributed by atoms with Gasteiger partial charge in [-0.25, -0.2) is 4.79 Å². The number of primary amides is 1. The number of aryl methyl sites for hydroxylation is 1. The van der Waals surface area contributed by atoms with Crippen LogP contribution in [0.2, 0.25) is 0 Å². The average molecular weight is 199 g/mol. The highest BCUT2D eigenvalue weighted by atomic mass is 32.2. The maximum Gasteiger partial charge on any atom is 0.346 e. The molecule has 0 saturated heterocycles. The van der Waals surface area contributed by atoms with E-state index in [1.165, 1.54) is 11.8 Å². The lowest BCUT2D eigenvalue weighted by atomic mass is 10.2. The lowest BCUT2D eigenvalue weighted by molar-refractivity contribution is 0.0995. The van der Waals surface area contributed by atoms with Gasteiger partial charge in [0.05, 0.1) is 5.56 Å². The summed E-state index contributed by atoms with van der Waals surface area (Å²) < 4.78 is 0. The summed E-state index contributed by atoms with van der Waals surface area (Å²) in [5.41, 5.74) is 5.40. The molecule has 0 fully saturated rings. The van der Waals surface area contributed by atoms with E-state index < -0.39 is 11.6 Å². The fourth-order valence-electron chi connectivity index (χ4n) is 0.997. The van der Waals surface area contributed by atoms with Crippen LogP contribution in [0.25, 0.3) is 0 Å². The summed E-state index contributed by atoms with van der Waals surface area (Å²) >= 11 is 1.22. The summed E-state index contributed by atoms with van der Waals surface area (Å²) in [5.74, 6) is -0.578. The molecule has 1 aromatic rings. The number of H-pyrrole nitrogens is 1. The summed E-state index contributed by atoms with van der Waals surface area (Å²) in [6.45, 7) is 1.61. The zero-order valence-corrected chi connectivity index (χ0v) is 8.07. The second-order valence-electron chi connectivity index (χ2n) is 2.42. The van der Waals surface area contributed by atoms with E-state index in [4.69, 9.17) is 5.73 Å². The van der Waals surface area contributed by atoms with Crippen LogP contribution in [0.3, 0.4) is 0 Å². The number of carbonyl (C=O) groups is 1. The maximum absolute atomic E-state index is 11.0. The highest BCUT2D eigenvalue weighted by Crippen LogP contribution is 2.16. The molecule has 0 bridgehead atoms. The first kappa shape index (κ1) is 9.79. The Morgan fingerprint density at radius 3 is 2.69 bits per heavy atom. The molecule has 0 aromatic carbocycles. The minimum Gasteiger partial charge on any atom is -0.365 e. The van der Waals surface area contributed by atoms with Gasteiger partial charge >= 0.3 is 5.69 Å². The Balaban J connectivity index is 3.47. The third kappa shape index (κ3) is 1.89. The van der Waals surface area contributed by atoms with E-state index >= 15 is 0 Å². The summed E-state index contributed by atoms with van der Waals surface area (Å²) in [6, 6.07) is 0. The standard InChI is InChI=1S/C7H9N3O2S/c1-3-4(5(8)11)6(13-2)10-7(12)9-3/h1-2H3,(H2,8,11)(H,9,10,12). The molecule has 3 N–H and O–H groups in total. The summed E-state index contributed by atoms with van der Waals surface area (Å²) in [4.78, 5) is 27.9. The largest absolute Gasteiger partial charge is 0.365 e. The number of thioether (sulfide) groups is 1. The summed E-state index contributed by atoms with van der Waals surface area (Å²) in [7, 11) is 0. The maximum atomic E-state index is 11.0. The van der Waals surface area contributed by atoms with E-state index in [1.807, 2.05) is 0 Å². The number of aromatic nitrogens is 2. The van der Waals surface area contributed by atoms with E-state index in [0.29, 0.717) is 10.7 Å². The van der Waals surface area contributed by atoms with Gasteiger partial charge < -0.3 is 10.7 Å². The first-order valence-electron chi connectivity index (χ1n) is 3.51. The molecule has 1 rings (SSSR count). The molecule has 1 heterocycles. The van der Waals surface area contributed by atoms with Gasteiger partial charge in [0.2, 0.25) is 0 Å². The number of amides is 1. The SMILES string of the molecule is CSc1nc(=O)[nH]c(C)c1C(N)=O. The summed E-state index contributed by atoms with van der Waals surface area (Å²) in [5, 5.41) is 0.369. The predicted octanol–water partition coefficient (Wildman–Crippen LogP) is -0.101. The van der Waals surface area contributed by atoms with Crippen molar-refractivity contribution in [2.45, 2.75) is 11.9 Å². The highest BCUT2D eigenvalue weighted by Gasteiger charge is 2.13. The molecule has 0 spiro atoms. The van der Waals surface area contributed by atoms with E-state index in [-0.39, 0.29) is 5.56 Å². The Hall–Kier alpha value is -1.30. The number of rotatable bonds is 2. The molecule has 0 radical (unpaired) electrons. The fourth-order valence-corrected chi connectivity index (χ4v) is 1.63. The lowest BCUT2D eigenvalue weighted by Gasteiger charge is -2.04. The topological polar surface area (TPSA) is 88.8 Å². The molecular weight excluding hydrogens is 190 g/mol. The van der Waals surface area contributed by atoms with Crippen molar-refractivity contribution in [2.75, 3.05) is 6.26 Å². The molecular formula is C7H9N3O2S. The average Bonchev–Trinajstić information content (AvgIpc) is 2.01. The molecule has 0 unspecified atom stereocenters. The number of carbonyl (C=O) groups excluding carboxylic acids is 1. The van der Waals surface area contributed by atoms with Crippen LogP contribution in [-0.2, 0) is 0 Å². The monoisotopic (exact) mass is 199 g/mol. The summed E-state index contributed by atoms with van der Waals surface area (Å²) in [6.07, 6.45) is 1.73. The fraction of sp³-hybridized carbons (Fsp3) is 0.286. The van der Waals surface area contributed by atoms with E-state index in [0.717, 1.165) is 0 Å². The van der Waals surface area contributed by atoms with Crippen LogP contribution in [0.5, 0.6) is 0 Å². The van der Waals surface area contributed by atoms with E-state index in [2.05, 4.69) is 9.97 Å². The molecule has 1 amide bonds. The van der Waals surface area contributed by atoms with Gasteiger partial charge in [0.1, 0.15) is 5.03 Å². The van der Waals surface area contributed by atoms with Crippen LogP contribution in [-0.4, -0.2) is 22.1 Å². The Kier molecular flexibility index (Phi) is 2.72. The van der Waals surface area contributed by atoms with Gasteiger partial charge in [-0.15, -0.1) is 11.8 Å². The molecule has 70 valence electrons. The molecule has 5 nitrogen and oxygen atoms in total. The van der Waals surface area contributed by atoms with Crippen molar-refractivity contribution in [3.8, 4) is 0 Å². The van der Waals surface area contributed by atoms with Gasteiger partial charge in [0.25, 0.3) is 5.91 Å². The third-order valence-corrected chi connectivity index (χ3v) is 2.21. The molecule has 0 aliphatic rings. The van der Waals surface area contributed by atoms with Gasteiger partial charge in [-0.1, -0.05) is 0 Å². The Morgan fingerprint density at radius 2 is 2.23 bits per heavy atom. The molecule has 0 saturated carbocycles. The molecule has 0 atom stereocenters. The van der Waals surface area contributed by atoms with Gasteiger partial charge in [-0.2, -0.15) is 4.98 Å². The molecule has 0 aliphatic heterocycles. The van der Waals surface area contributed by atoms with Crippen molar-refractivity contribution in [3.05, 3.63) is 21.7 Å². The van der Waals surface area contributed by atoms with Gasteiger partial charge in [-0.3, -0.25) is 4.79 Å². The molecule has 0 aliphatic carbocycles. The smallest absolute Gasteiger partial charge is 0.346 e. The number of nitrogens with one attached hydrogen (secondary N) is 1. The van der Waals surface area contributed by atoms with Crippen molar-refractivity contribution in [1.29, 1.82) is 0 Å². The van der Waals surface area contributed by atoms with Crippen LogP contribution < -0.4 is 11.4 Å². The number of hydrogen-bond acceptors (Lipinski definition) is 4. The quantitative estimate of drug-likeness (QED) is 0.514. The molecule has 1 aromatic heterocycles. The first-order valence-corrected chi connectivity index (χ1v) is 4.73. The van der Waals surface area contributed by atoms with E-state index in [1.54, 1.807) is 13.2 Å². The van der Waals surface area contributed by atoms with Crippen LogP contribution in [0, 0.1) is 6.92 Å². The third-order valence-electron chi connectivity index (χ3n) is 1.53. The van der Waals surface area contributed by atoms with Crippen LogP contribution in [0.1, 0.15) is 16.1 Å². The Morgan fingerprint density at radius 1 is 1.62 bits per heavy atom. The number of aromatic amines is 1. The zero-order valence-electron chi connectivity index (χ0n) is 7.25. The van der Waals surface area contributed by atoms with Gasteiger partial charge in [0.15, 0.2) is 0 Å². The second-order valence-corrected chi connectivity index (χ2v) is 3.21. The normalized spacial score (nSPS) is 10.0. The minimum absolute atomic E-state index is 0.284. The molecule has 6 heteroatoms. The van der Waals surface area contributed by atoms with Crippen molar-refractivity contribution in [3.63, 3.8) is 0 Å². The first-order chi connectivity index (χ1) is 6.06. The number of nitrogens with two attached hydrogens (primary N) is 1. The van der Waals surface area contributed by atoms with Crippen LogP contribution in [0.4, 0.5) is 0 Å². The van der Waals surface area contributed by atoms with Crippen molar-refractivity contribution >= 4 is 17.7 Å². The number of hydrogen-bond donors (Lipinski definition) is 2. The van der Waals surface area contributed by atoms with Gasteiger partial charge in [-0.05, 0) is 13.2 Å². The Labute approximate surface area is 78.8 Å². The second kappa shape index (κ2) is 3.61. The van der Waals surface area contributed by atoms with Crippen molar-refractivity contribution in [1.82, 2.24) is 9.97 Å². The minimum atomic E-state index is -0.578. The number of nitrogens with zero attached hydrogens (tertiary/aromatic N) is 1. The molecule has 13 heavy (non-hydrogen) atoms.